The van der Waals surface area contributed by atoms with E-state index >= 15 is 0 Å². The number of methoxy groups -OCH3 is 1. The number of ether oxygens (including phenoxy) is 1. The van der Waals surface area contributed by atoms with Gasteiger partial charge in [0.1, 0.15) is 11.6 Å². The zero-order chi connectivity index (χ0) is 15.8. The molecule has 0 fully saturated rings. The van der Waals surface area contributed by atoms with Gasteiger partial charge in [0, 0.05) is 12.2 Å². The number of amides is 1. The van der Waals surface area contributed by atoms with Crippen LogP contribution in [0.1, 0.15) is 5.56 Å². The molecule has 116 valence electrons. The van der Waals surface area contributed by atoms with E-state index < -0.39 is 0 Å². The number of hydrogen-bond donors (Lipinski definition) is 2. The maximum Gasteiger partial charge on any atom is 0.239 e. The second-order valence-corrected chi connectivity index (χ2v) is 4.81. The highest BCUT2D eigenvalue weighted by Crippen LogP contribution is 2.11. The first kappa shape index (κ1) is 15.8. The molecule has 0 aromatic heterocycles. The molecule has 0 radical (unpaired) electrons. The van der Waals surface area contributed by atoms with Crippen LogP contribution in [0.3, 0.4) is 0 Å². The number of halogens is 1. The van der Waals surface area contributed by atoms with Crippen molar-refractivity contribution < 1.29 is 13.9 Å². The summed E-state index contributed by atoms with van der Waals surface area (Å²) in [5, 5.41) is 5.77. The quantitative estimate of drug-likeness (QED) is 0.826. The van der Waals surface area contributed by atoms with Gasteiger partial charge in [-0.05, 0) is 48.4 Å². The van der Waals surface area contributed by atoms with Crippen LogP contribution < -0.4 is 15.4 Å². The molecule has 0 heterocycles. The Hall–Kier alpha value is -2.56. The van der Waals surface area contributed by atoms with Crippen molar-refractivity contribution in [3.63, 3.8) is 0 Å². The van der Waals surface area contributed by atoms with Crippen LogP contribution in [0, 0.1) is 5.82 Å². The van der Waals surface area contributed by atoms with Gasteiger partial charge in [0.25, 0.3) is 0 Å². The van der Waals surface area contributed by atoms with Gasteiger partial charge in [0.2, 0.25) is 5.91 Å². The summed E-state index contributed by atoms with van der Waals surface area (Å²) >= 11 is 0. The second kappa shape index (κ2) is 8.02. The molecule has 0 unspecified atom stereocenters. The molecule has 4 nitrogen and oxygen atoms in total. The Bertz CT molecular complexity index is 597. The highest BCUT2D eigenvalue weighted by molar-refractivity contribution is 5.80. The molecule has 22 heavy (non-hydrogen) atoms. The topological polar surface area (TPSA) is 50.4 Å². The van der Waals surface area contributed by atoms with Gasteiger partial charge in [-0.2, -0.15) is 0 Å². The van der Waals surface area contributed by atoms with Crippen molar-refractivity contribution in [2.45, 2.75) is 6.42 Å². The summed E-state index contributed by atoms with van der Waals surface area (Å²) in [4.78, 5) is 11.7. The number of anilines is 1. The standard InChI is InChI=1S/C17H19FN2O2/c1-22-16-8-2-13(3-9-16)10-11-19-17(21)12-20-15-6-4-14(18)5-7-15/h2-9,20H,10-12H2,1H3,(H,19,21). The molecule has 1 amide bonds. The largest absolute Gasteiger partial charge is 0.497 e. The summed E-state index contributed by atoms with van der Waals surface area (Å²) < 4.78 is 17.8. The lowest BCUT2D eigenvalue weighted by Crippen LogP contribution is -2.31. The van der Waals surface area contributed by atoms with E-state index in [1.165, 1.54) is 12.1 Å². The molecule has 5 heteroatoms. The Labute approximate surface area is 129 Å². The smallest absolute Gasteiger partial charge is 0.239 e. The Kier molecular flexibility index (Phi) is 5.77. The van der Waals surface area contributed by atoms with Crippen LogP contribution in [0.5, 0.6) is 5.75 Å². The van der Waals surface area contributed by atoms with Crippen molar-refractivity contribution in [2.75, 3.05) is 25.5 Å². The number of benzene rings is 2. The summed E-state index contributed by atoms with van der Waals surface area (Å²) in [5.74, 6) is 0.420. The van der Waals surface area contributed by atoms with Crippen molar-refractivity contribution in [3.05, 3.63) is 59.9 Å². The van der Waals surface area contributed by atoms with Gasteiger partial charge < -0.3 is 15.4 Å². The van der Waals surface area contributed by atoms with Crippen molar-refractivity contribution in [2.24, 2.45) is 0 Å². The van der Waals surface area contributed by atoms with Gasteiger partial charge in [-0.15, -0.1) is 0 Å². The first-order valence-corrected chi connectivity index (χ1v) is 7.06. The van der Waals surface area contributed by atoms with Crippen LogP contribution in [-0.4, -0.2) is 26.1 Å². The van der Waals surface area contributed by atoms with Gasteiger partial charge >= 0.3 is 0 Å². The van der Waals surface area contributed by atoms with Gasteiger partial charge in [-0.1, -0.05) is 12.1 Å². The zero-order valence-corrected chi connectivity index (χ0v) is 12.4. The Balaban J connectivity index is 1.67. The number of rotatable bonds is 7. The maximum atomic E-state index is 12.7. The van der Waals surface area contributed by atoms with Crippen molar-refractivity contribution >= 4 is 11.6 Å². The van der Waals surface area contributed by atoms with Gasteiger partial charge in [-0.3, -0.25) is 4.79 Å². The normalized spacial score (nSPS) is 10.1. The summed E-state index contributed by atoms with van der Waals surface area (Å²) in [5.41, 5.74) is 1.85. The van der Waals surface area contributed by atoms with Crippen molar-refractivity contribution in [1.82, 2.24) is 5.32 Å². The van der Waals surface area contributed by atoms with E-state index in [4.69, 9.17) is 4.74 Å². The fraction of sp³-hybridized carbons (Fsp3) is 0.235. The van der Waals surface area contributed by atoms with Crippen molar-refractivity contribution in [1.29, 1.82) is 0 Å². The van der Waals surface area contributed by atoms with E-state index in [1.807, 2.05) is 24.3 Å². The predicted molar refractivity (Wildman–Crippen MR) is 84.6 cm³/mol. The average Bonchev–Trinajstić information content (AvgIpc) is 2.55. The minimum atomic E-state index is -0.297. The lowest BCUT2D eigenvalue weighted by Gasteiger charge is -2.08. The lowest BCUT2D eigenvalue weighted by molar-refractivity contribution is -0.119. The molecule has 0 atom stereocenters. The molecule has 0 saturated heterocycles. The fourth-order valence-corrected chi connectivity index (χ4v) is 1.95. The number of carbonyl (C=O) groups is 1. The number of hydrogen-bond acceptors (Lipinski definition) is 3. The molecule has 0 aliphatic heterocycles. The molecule has 0 spiro atoms. The number of carbonyl (C=O) groups excluding carboxylic acids is 1. The van der Waals surface area contributed by atoms with Gasteiger partial charge in [0.15, 0.2) is 0 Å². The SMILES string of the molecule is COc1ccc(CCNC(=O)CNc2ccc(F)cc2)cc1. The molecular weight excluding hydrogens is 283 g/mol. The Morgan fingerprint density at radius 1 is 1.09 bits per heavy atom. The predicted octanol–water partition coefficient (Wildman–Crippen LogP) is 2.61. The van der Waals surface area contributed by atoms with Crippen LogP contribution in [0.2, 0.25) is 0 Å². The van der Waals surface area contributed by atoms with E-state index in [-0.39, 0.29) is 18.3 Å². The van der Waals surface area contributed by atoms with E-state index in [1.54, 1.807) is 19.2 Å². The van der Waals surface area contributed by atoms with Gasteiger partial charge in [-0.25, -0.2) is 4.39 Å². The lowest BCUT2D eigenvalue weighted by atomic mass is 10.1. The summed E-state index contributed by atoms with van der Waals surface area (Å²) in [6.45, 7) is 0.727. The first-order chi connectivity index (χ1) is 10.7. The highest BCUT2D eigenvalue weighted by atomic mass is 19.1. The fourth-order valence-electron chi connectivity index (χ4n) is 1.95. The molecule has 0 aliphatic carbocycles. The minimum absolute atomic E-state index is 0.0992. The second-order valence-electron chi connectivity index (χ2n) is 4.81. The Morgan fingerprint density at radius 2 is 1.77 bits per heavy atom. The minimum Gasteiger partial charge on any atom is -0.497 e. The molecule has 2 aromatic carbocycles. The molecular formula is C17H19FN2O2. The van der Waals surface area contributed by atoms with Crippen LogP contribution in [0.15, 0.2) is 48.5 Å². The molecule has 2 rings (SSSR count). The van der Waals surface area contributed by atoms with E-state index in [9.17, 15) is 9.18 Å². The molecule has 0 aliphatic rings. The van der Waals surface area contributed by atoms with E-state index in [0.717, 1.165) is 17.7 Å². The molecule has 0 bridgehead atoms. The molecule has 2 N–H and O–H groups in total. The zero-order valence-electron chi connectivity index (χ0n) is 12.4. The van der Waals surface area contributed by atoms with Crippen LogP contribution in [-0.2, 0) is 11.2 Å². The molecule has 0 saturated carbocycles. The van der Waals surface area contributed by atoms with E-state index in [0.29, 0.717) is 12.2 Å². The van der Waals surface area contributed by atoms with Gasteiger partial charge in [0.05, 0.1) is 13.7 Å². The maximum absolute atomic E-state index is 12.7. The van der Waals surface area contributed by atoms with E-state index in [2.05, 4.69) is 10.6 Å². The van der Waals surface area contributed by atoms with Crippen molar-refractivity contribution in [3.8, 4) is 5.75 Å². The highest BCUT2D eigenvalue weighted by Gasteiger charge is 2.01. The monoisotopic (exact) mass is 302 g/mol. The third-order valence-electron chi connectivity index (χ3n) is 3.19. The van der Waals surface area contributed by atoms with Crippen LogP contribution >= 0.6 is 0 Å². The first-order valence-electron chi connectivity index (χ1n) is 7.06. The Morgan fingerprint density at radius 3 is 2.41 bits per heavy atom. The van der Waals surface area contributed by atoms with Crippen LogP contribution in [0.4, 0.5) is 10.1 Å². The third-order valence-corrected chi connectivity index (χ3v) is 3.19. The van der Waals surface area contributed by atoms with Crippen LogP contribution in [0.25, 0.3) is 0 Å². The summed E-state index contributed by atoms with van der Waals surface area (Å²) in [6.07, 6.45) is 0.756. The third kappa shape index (κ3) is 5.09. The number of nitrogens with one attached hydrogen (secondary N) is 2. The summed E-state index contributed by atoms with van der Waals surface area (Å²) in [6, 6.07) is 13.6. The molecule has 2 aromatic rings. The summed E-state index contributed by atoms with van der Waals surface area (Å²) in [7, 11) is 1.63. The average molecular weight is 302 g/mol.